The lowest BCUT2D eigenvalue weighted by atomic mass is 9.81. The number of aromatic nitrogens is 3. The van der Waals surface area contributed by atoms with Gasteiger partial charge in [-0.15, -0.1) is 12.6 Å². The molecule has 2 aromatic heterocycles. The highest BCUT2D eigenvalue weighted by Gasteiger charge is 2.46. The number of unbranched alkanes of at least 4 members (excludes halogenated alkanes) is 3. The predicted octanol–water partition coefficient (Wildman–Crippen LogP) is 9.29. The van der Waals surface area contributed by atoms with Crippen molar-refractivity contribution in [3.05, 3.63) is 117 Å². The Hall–Kier alpha value is -5.82. The molecule has 4 aromatic rings. The molecule has 33 nitrogen and oxygen atoms in total. The van der Waals surface area contributed by atoms with E-state index in [0.717, 1.165) is 38.8 Å². The van der Waals surface area contributed by atoms with Crippen LogP contribution in [0, 0.1) is 18.8 Å². The number of para-hydroxylation sites is 1. The minimum absolute atomic E-state index is 0. The summed E-state index contributed by atoms with van der Waals surface area (Å²) in [5, 5.41) is 8.18. The number of methoxy groups -OCH3 is 1. The van der Waals surface area contributed by atoms with E-state index < -0.39 is 80.2 Å². The number of fused-ring (bicyclic) bond motifs is 3. The van der Waals surface area contributed by atoms with Crippen molar-refractivity contribution < 1.29 is 113 Å². The number of aromatic amines is 1. The predicted molar refractivity (Wildman–Crippen MR) is 432 cm³/mol. The number of ether oxygens (including phenoxy) is 7. The molecule has 3 amide bonds. The van der Waals surface area contributed by atoms with E-state index in [4.69, 9.17) is 77.0 Å². The van der Waals surface area contributed by atoms with Crippen LogP contribution < -0.4 is 32.1 Å². The topological polar surface area (TPSA) is 446 Å². The number of nitrogens with zero attached hydrogens (tertiary/aromatic N) is 4. The average molecular weight is 1710 g/mol. The first kappa shape index (κ1) is 95.8. The fourth-order valence-electron chi connectivity index (χ4n) is 11.9. The number of nitrogens with two attached hydrogens (primary N) is 1. The number of amides is 3. The number of hydrogen-bond acceptors (Lipinski definition) is 26. The first-order chi connectivity index (χ1) is 52.3. The lowest BCUT2D eigenvalue weighted by molar-refractivity contribution is -0.438. The number of aryl methyl sites for hydroxylation is 1. The van der Waals surface area contributed by atoms with Gasteiger partial charge < -0.3 is 83.9 Å². The van der Waals surface area contributed by atoms with Crippen molar-refractivity contribution in [3.63, 3.8) is 0 Å². The van der Waals surface area contributed by atoms with Gasteiger partial charge in [0, 0.05) is 113 Å². The zero-order valence-corrected chi connectivity index (χ0v) is 71.0. The molecule has 0 bridgehead atoms. The second kappa shape index (κ2) is 46.7. The van der Waals surface area contributed by atoms with Gasteiger partial charge in [0.2, 0.25) is 23.5 Å². The fourth-order valence-corrected chi connectivity index (χ4v) is 17.7. The lowest BCUT2D eigenvalue weighted by Gasteiger charge is -2.25. The van der Waals surface area contributed by atoms with E-state index in [1.54, 1.807) is 35.0 Å². The van der Waals surface area contributed by atoms with E-state index in [2.05, 4.69) is 184 Å². The number of rotatable bonds is 43. The highest BCUT2D eigenvalue weighted by atomic mass is 33.1. The smallest absolute Gasteiger partial charge is 0.450 e. The van der Waals surface area contributed by atoms with Crippen LogP contribution in [0.25, 0.3) is 11.0 Å². The van der Waals surface area contributed by atoms with Crippen molar-refractivity contribution in [3.8, 4) is 11.8 Å². The molecule has 7 rings (SSSR count). The standard InChI is InChI=1S/C42H58N4O4.C28H46N5O17P3S4.O3S.H2/c1-8-45-36-18-15-14-17-34(36)41(4,5)38(45)19-11-9-12-20-39-42(6,7)35-31-32(2)22-23-37(35)46(39)26-16-10-13-21-40(48)44-25-28-50-30-29-49-27-24-43-33(3)47;1-28(2,9-13-43-3)56-55-17-44-11-5-6-12-45-27(35)30-10-7-8-19-15-33(24-23(19)25(34)32-26(29)31-24)22-14-20(46-18-57(4)54)21(48-22)16-47-52(39,40)50-53(41,42)49-51(36,37)38;1-4(2)3;/h9,11-12,14-15,17-20,22-23,31H,8,10,13,16,21,24-30H2,1-7H3,(H-,43,44,47,48);15,20-22H,5-6,9-14,16-18H2,1-4H3,(H,30,35)(H,39,40)(H,41,42)(H2,36,37,38)(H3,29,31,32,34);;1H/p+1/t;20-,21+,22+,57?;;/m.0../s1. The Balaban J connectivity index is 0.000000450. The van der Waals surface area contributed by atoms with Crippen molar-refractivity contribution in [1.82, 2.24) is 30.5 Å². The number of nitrogens with one attached hydrogen (secondary N) is 4. The monoisotopic (exact) mass is 1710 g/mol. The largest absolute Gasteiger partial charge is 0.490 e. The molecule has 41 heteroatoms. The number of carbonyl (C=O) groups excluding carboxylic acids is 3. The molecular weight excluding hydrogens is 1600 g/mol. The molecule has 0 spiro atoms. The van der Waals surface area contributed by atoms with Gasteiger partial charge in [0.25, 0.3) is 5.56 Å². The third-order valence-electron chi connectivity index (χ3n) is 17.0. The van der Waals surface area contributed by atoms with E-state index >= 15 is 0 Å². The molecule has 5 heterocycles. The Bertz CT molecular complexity index is 4340. The average Bonchev–Trinajstić information content (AvgIpc) is 1.60. The Kier molecular flexibility index (Phi) is 40.3. The van der Waals surface area contributed by atoms with E-state index in [0.29, 0.717) is 77.9 Å². The van der Waals surface area contributed by atoms with Crippen molar-refractivity contribution in [2.75, 3.05) is 121 Å². The number of H-pyrrole nitrogens is 1. The molecule has 6 atom stereocenters. The number of hydrogen-bond donors (Lipinski definition) is 9. The van der Waals surface area contributed by atoms with Crippen molar-refractivity contribution >= 4 is 128 Å². The fraction of sp³-hybridized carbons (Fsp3) is 0.571. The van der Waals surface area contributed by atoms with E-state index in [-0.39, 0.29) is 76.9 Å². The molecule has 1 fully saturated rings. The number of carbonyl (C=O) groups is 3. The van der Waals surface area contributed by atoms with Crippen molar-refractivity contribution in [2.24, 2.45) is 0 Å². The number of benzene rings is 2. The summed E-state index contributed by atoms with van der Waals surface area (Å²) in [5.74, 6) is 5.94. The van der Waals surface area contributed by atoms with Gasteiger partial charge in [-0.2, -0.15) is 18.2 Å². The van der Waals surface area contributed by atoms with Gasteiger partial charge in [-0.1, -0.05) is 105 Å². The maximum absolute atomic E-state index is 13.0. The molecular formula is C70H107N9O24P3S5+. The Morgan fingerprint density at radius 2 is 1.59 bits per heavy atom. The van der Waals surface area contributed by atoms with Crippen LogP contribution in [-0.4, -0.2) is 203 Å². The molecule has 3 unspecified atom stereocenters. The van der Waals surface area contributed by atoms with Gasteiger partial charge in [0.15, 0.2) is 11.4 Å². The first-order valence-corrected chi connectivity index (χ1v) is 46.0. The summed E-state index contributed by atoms with van der Waals surface area (Å²) in [6, 6.07) is 15.5. The van der Waals surface area contributed by atoms with Gasteiger partial charge in [0.1, 0.15) is 24.8 Å². The van der Waals surface area contributed by atoms with Crippen LogP contribution in [0.3, 0.4) is 0 Å². The van der Waals surface area contributed by atoms with E-state index in [1.165, 1.54) is 57.2 Å². The zero-order valence-electron chi connectivity index (χ0n) is 64.2. The number of anilines is 2. The summed E-state index contributed by atoms with van der Waals surface area (Å²) in [5.41, 5.74) is 14.5. The van der Waals surface area contributed by atoms with Crippen LogP contribution in [0.15, 0.2) is 89.5 Å². The summed E-state index contributed by atoms with van der Waals surface area (Å²) in [7, 11) is -15.5. The first-order valence-electron chi connectivity index (χ1n) is 35.5. The maximum Gasteiger partial charge on any atom is 0.490 e. The number of phosphoric ester groups is 1. The normalized spacial score (nSPS) is 18.1. The number of likely N-dealkylation sites (N-methyl/N-ethyl adjacent to an activating group) is 1. The highest BCUT2D eigenvalue weighted by molar-refractivity contribution is 8.77. The summed E-state index contributed by atoms with van der Waals surface area (Å²) in [6.45, 7) is 24.5. The number of allylic oxidation sites excluding steroid dienone is 6. The minimum atomic E-state index is -5.76. The summed E-state index contributed by atoms with van der Waals surface area (Å²) < 4.78 is 115. The molecule has 0 saturated carbocycles. The van der Waals surface area contributed by atoms with Crippen LogP contribution in [0.2, 0.25) is 0 Å². The van der Waals surface area contributed by atoms with Crippen molar-refractivity contribution in [2.45, 2.75) is 148 Å². The summed E-state index contributed by atoms with van der Waals surface area (Å²) >= 11 is 5.19. The second-order valence-electron chi connectivity index (χ2n) is 26.9. The quantitative estimate of drug-likeness (QED) is 0.00379. The van der Waals surface area contributed by atoms with Gasteiger partial charge in [-0.05, 0) is 115 Å². The molecule has 2 aromatic carbocycles. The molecule has 620 valence electrons. The SMILES string of the molecule is CCN1\C(=C/C=C/C=C/C2=[N+](CCCCCC(=O)NCCOCCOCCNC(C)=O)c3ccc(C)cc3C2(C)C)C(C)(C)c2ccccc21.COCCC(C)(C)SSCOCCCCOC(=O)NCC#Cc1cn([C@H]2C[C@H](OCS(C)=S)[C@@H](COP(=O)(O)OP(=O)(O)OP(=O)(O)O)O2)c2nc(N)[nH]c(=O)c12.O=S(=O)=O.[HH]. The Labute approximate surface area is 665 Å². The van der Waals surface area contributed by atoms with E-state index in [1.807, 2.05) is 0 Å². The number of nitrogen functional groups attached to an aromatic ring is 1. The third kappa shape index (κ3) is 33.1. The number of alkyl carbamates (subject to hydrolysis) is 1. The zero-order chi connectivity index (χ0) is 82.2. The third-order valence-corrected chi connectivity index (χ3v) is 24.6. The summed E-state index contributed by atoms with van der Waals surface area (Å²) in [6.07, 6.45) is 16.1. The van der Waals surface area contributed by atoms with Crippen LogP contribution >= 0.6 is 45.1 Å². The van der Waals surface area contributed by atoms with Crippen LogP contribution in [0.4, 0.5) is 22.1 Å². The van der Waals surface area contributed by atoms with E-state index in [9.17, 15) is 42.7 Å². The molecule has 10 N–H and O–H groups in total. The second-order valence-corrected chi connectivity index (χ2v) is 37.8. The molecule has 0 radical (unpaired) electrons. The molecule has 3 aliphatic rings. The highest BCUT2D eigenvalue weighted by Crippen LogP contribution is 2.66. The summed E-state index contributed by atoms with van der Waals surface area (Å²) in [4.78, 5) is 94.4. The van der Waals surface area contributed by atoms with Crippen LogP contribution in [0.1, 0.15) is 137 Å². The Morgan fingerprint density at radius 1 is 0.892 bits per heavy atom. The van der Waals surface area contributed by atoms with Gasteiger partial charge in [-0.25, -0.2) is 18.5 Å². The molecule has 111 heavy (non-hydrogen) atoms. The number of phosphoric acid groups is 3. The Morgan fingerprint density at radius 3 is 2.26 bits per heavy atom. The van der Waals surface area contributed by atoms with Gasteiger partial charge in [0.05, 0.1) is 74.6 Å². The van der Waals surface area contributed by atoms with Gasteiger partial charge >= 0.3 is 40.2 Å². The lowest BCUT2D eigenvalue weighted by Crippen LogP contribution is -2.29. The minimum Gasteiger partial charge on any atom is -0.450 e. The molecule has 1 saturated heterocycles. The van der Waals surface area contributed by atoms with Crippen LogP contribution in [0.5, 0.6) is 0 Å². The molecule has 3 aliphatic heterocycles. The van der Waals surface area contributed by atoms with Gasteiger partial charge in [-0.3, -0.25) is 23.9 Å². The molecule has 0 aliphatic carbocycles. The maximum atomic E-state index is 13.0. The van der Waals surface area contributed by atoms with Crippen LogP contribution in [-0.2, 0) is 112 Å². The van der Waals surface area contributed by atoms with Crippen molar-refractivity contribution in [1.29, 1.82) is 0 Å².